The summed E-state index contributed by atoms with van der Waals surface area (Å²) in [5.74, 6) is -0.128. The Labute approximate surface area is 110 Å². The van der Waals surface area contributed by atoms with E-state index in [1.165, 1.54) is 6.07 Å². The van der Waals surface area contributed by atoms with Crippen LogP contribution in [0.25, 0.3) is 0 Å². The van der Waals surface area contributed by atoms with E-state index in [4.69, 9.17) is 4.74 Å². The zero-order valence-electron chi connectivity index (χ0n) is 11.4. The molecule has 1 aromatic carbocycles. The van der Waals surface area contributed by atoms with E-state index < -0.39 is 0 Å². The molecule has 18 heavy (non-hydrogen) atoms. The predicted octanol–water partition coefficient (Wildman–Crippen LogP) is 3.16. The van der Waals surface area contributed by atoms with Crippen LogP contribution in [0.4, 0.5) is 4.39 Å². The minimum Gasteiger partial charge on any atom is -0.380 e. The highest BCUT2D eigenvalue weighted by atomic mass is 19.1. The van der Waals surface area contributed by atoms with Gasteiger partial charge in [-0.25, -0.2) is 4.39 Å². The molecule has 0 radical (unpaired) electrons. The molecule has 0 aliphatic heterocycles. The lowest BCUT2D eigenvalue weighted by Gasteiger charge is -2.19. The number of ether oxygens (including phenoxy) is 1. The summed E-state index contributed by atoms with van der Waals surface area (Å²) in [4.78, 5) is 0. The molecule has 1 N–H and O–H groups in total. The van der Waals surface area contributed by atoms with Crippen molar-refractivity contribution < 1.29 is 9.13 Å². The molecule has 0 fully saturated rings. The molecule has 0 heterocycles. The van der Waals surface area contributed by atoms with Crippen LogP contribution in [-0.2, 0) is 11.2 Å². The Bertz CT molecular complexity index is 330. The molecule has 1 unspecified atom stereocenters. The van der Waals surface area contributed by atoms with E-state index in [0.717, 1.165) is 31.6 Å². The topological polar surface area (TPSA) is 21.3 Å². The maximum Gasteiger partial charge on any atom is 0.126 e. The highest BCUT2D eigenvalue weighted by Crippen LogP contribution is 2.09. The highest BCUT2D eigenvalue weighted by Gasteiger charge is 2.11. The van der Waals surface area contributed by atoms with E-state index in [9.17, 15) is 4.39 Å². The average molecular weight is 253 g/mol. The van der Waals surface area contributed by atoms with Crippen LogP contribution in [0.5, 0.6) is 0 Å². The van der Waals surface area contributed by atoms with E-state index in [1.54, 1.807) is 6.07 Å². The summed E-state index contributed by atoms with van der Waals surface area (Å²) in [6, 6.07) is 7.14. The molecular formula is C15H24FNO. The van der Waals surface area contributed by atoms with Crippen LogP contribution in [-0.4, -0.2) is 25.8 Å². The van der Waals surface area contributed by atoms with Gasteiger partial charge in [0, 0.05) is 12.6 Å². The fraction of sp³-hybridized carbons (Fsp3) is 0.600. The molecule has 0 bridgehead atoms. The largest absolute Gasteiger partial charge is 0.380 e. The third kappa shape index (κ3) is 5.61. The Morgan fingerprint density at radius 2 is 2.00 bits per heavy atom. The van der Waals surface area contributed by atoms with E-state index in [1.807, 2.05) is 12.1 Å². The first-order valence-electron chi connectivity index (χ1n) is 6.82. The van der Waals surface area contributed by atoms with Crippen LogP contribution in [0.1, 0.15) is 32.3 Å². The molecule has 2 nitrogen and oxygen atoms in total. The lowest BCUT2D eigenvalue weighted by atomic mass is 10.1. The van der Waals surface area contributed by atoms with Gasteiger partial charge in [0.15, 0.2) is 0 Å². The molecule has 0 saturated carbocycles. The molecule has 0 aliphatic carbocycles. The SMILES string of the molecule is CCCNC(COCCC)Cc1ccccc1F. The fourth-order valence-electron chi connectivity index (χ4n) is 1.84. The number of hydrogen-bond donors (Lipinski definition) is 1. The van der Waals surface area contributed by atoms with Crippen LogP contribution >= 0.6 is 0 Å². The van der Waals surface area contributed by atoms with Gasteiger partial charge in [-0.05, 0) is 37.4 Å². The van der Waals surface area contributed by atoms with Crippen LogP contribution in [0.3, 0.4) is 0 Å². The summed E-state index contributed by atoms with van der Waals surface area (Å²) in [6.07, 6.45) is 2.76. The van der Waals surface area contributed by atoms with Crippen molar-refractivity contribution in [1.29, 1.82) is 0 Å². The second kappa shape index (κ2) is 9.06. The summed E-state index contributed by atoms with van der Waals surface area (Å²) in [5.41, 5.74) is 0.756. The minimum atomic E-state index is -0.128. The van der Waals surface area contributed by atoms with E-state index in [2.05, 4.69) is 19.2 Å². The molecule has 0 spiro atoms. The molecule has 1 aromatic rings. The smallest absolute Gasteiger partial charge is 0.126 e. The van der Waals surface area contributed by atoms with Crippen molar-refractivity contribution in [2.24, 2.45) is 0 Å². The third-order valence-electron chi connectivity index (χ3n) is 2.77. The summed E-state index contributed by atoms with van der Waals surface area (Å²) < 4.78 is 19.2. The predicted molar refractivity (Wildman–Crippen MR) is 73.3 cm³/mol. The van der Waals surface area contributed by atoms with Gasteiger partial charge < -0.3 is 10.1 Å². The summed E-state index contributed by atoms with van der Waals surface area (Å²) >= 11 is 0. The van der Waals surface area contributed by atoms with Gasteiger partial charge in [0.2, 0.25) is 0 Å². The summed E-state index contributed by atoms with van der Waals surface area (Å²) in [5, 5.41) is 3.41. The first-order chi connectivity index (χ1) is 8.77. The number of halogens is 1. The van der Waals surface area contributed by atoms with Crippen LogP contribution in [0.2, 0.25) is 0 Å². The van der Waals surface area contributed by atoms with Gasteiger partial charge in [-0.3, -0.25) is 0 Å². The molecule has 3 heteroatoms. The zero-order chi connectivity index (χ0) is 13.2. The normalized spacial score (nSPS) is 12.6. The molecule has 0 aliphatic rings. The second-order valence-corrected chi connectivity index (χ2v) is 4.52. The van der Waals surface area contributed by atoms with E-state index in [0.29, 0.717) is 13.0 Å². The van der Waals surface area contributed by atoms with Crippen molar-refractivity contribution in [3.63, 3.8) is 0 Å². The second-order valence-electron chi connectivity index (χ2n) is 4.52. The fourth-order valence-corrected chi connectivity index (χ4v) is 1.84. The van der Waals surface area contributed by atoms with Crippen LogP contribution in [0, 0.1) is 5.82 Å². The molecule has 0 amide bonds. The van der Waals surface area contributed by atoms with Crippen molar-refractivity contribution in [1.82, 2.24) is 5.32 Å². The molecule has 102 valence electrons. The Morgan fingerprint density at radius 3 is 2.67 bits per heavy atom. The van der Waals surface area contributed by atoms with Gasteiger partial charge in [-0.1, -0.05) is 32.0 Å². The van der Waals surface area contributed by atoms with E-state index >= 15 is 0 Å². The molecule has 0 saturated heterocycles. The van der Waals surface area contributed by atoms with Crippen molar-refractivity contribution in [2.45, 2.75) is 39.2 Å². The lowest BCUT2D eigenvalue weighted by molar-refractivity contribution is 0.111. The molecule has 0 aromatic heterocycles. The van der Waals surface area contributed by atoms with Gasteiger partial charge in [0.25, 0.3) is 0 Å². The first kappa shape index (κ1) is 15.1. The minimum absolute atomic E-state index is 0.128. The quantitative estimate of drug-likeness (QED) is 0.683. The maximum atomic E-state index is 13.6. The van der Waals surface area contributed by atoms with Crippen molar-refractivity contribution in [2.75, 3.05) is 19.8 Å². The number of nitrogens with one attached hydrogen (secondary N) is 1. The van der Waals surface area contributed by atoms with Gasteiger partial charge in [-0.2, -0.15) is 0 Å². The standard InChI is InChI=1S/C15H24FNO/c1-3-9-17-14(12-18-10-4-2)11-13-7-5-6-8-15(13)16/h5-8,14,17H,3-4,9-12H2,1-2H3. The average Bonchev–Trinajstić information content (AvgIpc) is 2.38. The van der Waals surface area contributed by atoms with Gasteiger partial charge in [0.05, 0.1) is 6.61 Å². The van der Waals surface area contributed by atoms with Crippen molar-refractivity contribution in [3.05, 3.63) is 35.6 Å². The monoisotopic (exact) mass is 253 g/mol. The van der Waals surface area contributed by atoms with Gasteiger partial charge in [0.1, 0.15) is 5.82 Å². The number of hydrogen-bond acceptors (Lipinski definition) is 2. The maximum absolute atomic E-state index is 13.6. The van der Waals surface area contributed by atoms with Crippen molar-refractivity contribution >= 4 is 0 Å². The lowest BCUT2D eigenvalue weighted by Crippen LogP contribution is -2.36. The van der Waals surface area contributed by atoms with Gasteiger partial charge >= 0.3 is 0 Å². The number of rotatable bonds is 9. The summed E-state index contributed by atoms with van der Waals surface area (Å²) in [7, 11) is 0. The van der Waals surface area contributed by atoms with E-state index in [-0.39, 0.29) is 11.9 Å². The summed E-state index contributed by atoms with van der Waals surface area (Å²) in [6.45, 7) is 6.56. The highest BCUT2D eigenvalue weighted by molar-refractivity contribution is 5.18. The van der Waals surface area contributed by atoms with Crippen LogP contribution in [0.15, 0.2) is 24.3 Å². The number of benzene rings is 1. The van der Waals surface area contributed by atoms with Gasteiger partial charge in [-0.15, -0.1) is 0 Å². The van der Waals surface area contributed by atoms with Crippen LogP contribution < -0.4 is 5.32 Å². The Hall–Kier alpha value is -0.930. The zero-order valence-corrected chi connectivity index (χ0v) is 11.4. The third-order valence-corrected chi connectivity index (χ3v) is 2.77. The molecule has 1 atom stereocenters. The Balaban J connectivity index is 2.51. The molecular weight excluding hydrogens is 229 g/mol. The Morgan fingerprint density at radius 1 is 1.22 bits per heavy atom. The van der Waals surface area contributed by atoms with Crippen molar-refractivity contribution in [3.8, 4) is 0 Å². The Kier molecular flexibility index (Phi) is 7.62. The first-order valence-corrected chi connectivity index (χ1v) is 6.82. The molecule has 1 rings (SSSR count).